The van der Waals surface area contributed by atoms with Crippen LogP contribution in [0.1, 0.15) is 55.9 Å². The van der Waals surface area contributed by atoms with Crippen molar-refractivity contribution in [3.05, 3.63) is 52.2 Å². The number of rotatable bonds is 7. The number of hydrogen-bond acceptors (Lipinski definition) is 2. The van der Waals surface area contributed by atoms with Crippen LogP contribution in [0.25, 0.3) is 0 Å². The van der Waals surface area contributed by atoms with E-state index in [9.17, 15) is 0 Å². The molecule has 1 heterocycles. The summed E-state index contributed by atoms with van der Waals surface area (Å²) in [5.41, 5.74) is 2.50. The Balaban J connectivity index is 1.64. The summed E-state index contributed by atoms with van der Waals surface area (Å²) in [4.78, 5) is 3.78. The average molecular weight is 373 g/mol. The Bertz CT molecular complexity index is 643. The minimum Gasteiger partial charge on any atom is -0.341 e. The summed E-state index contributed by atoms with van der Waals surface area (Å²) in [6, 6.07) is 13.7. The number of unbranched alkanes of at least 4 members (excludes halogenated alkanes) is 1. The smallest absolute Gasteiger partial charge is 0.174 e. The second kappa shape index (κ2) is 9.35. The lowest BCUT2D eigenvalue weighted by Gasteiger charge is -2.31. The van der Waals surface area contributed by atoms with Crippen LogP contribution >= 0.6 is 23.6 Å². The standard InChI is InChI=1S/C21H28N2S2/c1-2-3-7-17-11-13-18(14-12-17)22-21(24)23(19-8-4-5-9-19)16-20-10-6-15-25-20/h6,10-15,19H,2-5,7-9,16H2,1H3,(H,22,24). The van der Waals surface area contributed by atoms with Gasteiger partial charge in [0.2, 0.25) is 0 Å². The number of benzene rings is 1. The van der Waals surface area contributed by atoms with E-state index in [0.29, 0.717) is 6.04 Å². The van der Waals surface area contributed by atoms with E-state index in [2.05, 4.69) is 58.9 Å². The highest BCUT2D eigenvalue weighted by Gasteiger charge is 2.25. The summed E-state index contributed by atoms with van der Waals surface area (Å²) in [5, 5.41) is 6.49. The molecule has 0 bridgehead atoms. The van der Waals surface area contributed by atoms with Crippen LogP contribution in [-0.2, 0) is 13.0 Å². The molecule has 134 valence electrons. The van der Waals surface area contributed by atoms with Gasteiger partial charge in [0.25, 0.3) is 0 Å². The molecule has 0 unspecified atom stereocenters. The van der Waals surface area contributed by atoms with E-state index in [1.165, 1.54) is 49.0 Å². The largest absolute Gasteiger partial charge is 0.341 e. The van der Waals surface area contributed by atoms with Gasteiger partial charge >= 0.3 is 0 Å². The van der Waals surface area contributed by atoms with Crippen molar-refractivity contribution in [2.45, 2.75) is 64.5 Å². The van der Waals surface area contributed by atoms with Gasteiger partial charge in [0.05, 0.1) is 6.54 Å². The number of anilines is 1. The number of aryl methyl sites for hydroxylation is 1. The van der Waals surface area contributed by atoms with Gasteiger partial charge in [0, 0.05) is 16.6 Å². The Morgan fingerprint density at radius 3 is 2.60 bits per heavy atom. The van der Waals surface area contributed by atoms with E-state index >= 15 is 0 Å². The van der Waals surface area contributed by atoms with Crippen LogP contribution in [0, 0.1) is 0 Å². The first-order chi connectivity index (χ1) is 12.3. The van der Waals surface area contributed by atoms with Gasteiger partial charge in [-0.05, 0) is 67.0 Å². The number of thiocarbonyl (C=S) groups is 1. The van der Waals surface area contributed by atoms with Crippen molar-refractivity contribution in [2.75, 3.05) is 5.32 Å². The molecule has 1 fully saturated rings. The molecule has 0 spiro atoms. The van der Waals surface area contributed by atoms with Gasteiger partial charge < -0.3 is 10.2 Å². The second-order valence-electron chi connectivity index (χ2n) is 6.88. The third-order valence-electron chi connectivity index (χ3n) is 4.96. The molecule has 1 aliphatic carbocycles. The molecule has 0 radical (unpaired) electrons. The quantitative estimate of drug-likeness (QED) is 0.580. The van der Waals surface area contributed by atoms with Gasteiger partial charge in [-0.1, -0.05) is 44.4 Å². The molecule has 0 atom stereocenters. The highest BCUT2D eigenvalue weighted by Crippen LogP contribution is 2.27. The fourth-order valence-corrected chi connectivity index (χ4v) is 4.52. The Labute approximate surface area is 161 Å². The molecule has 1 aliphatic rings. The van der Waals surface area contributed by atoms with E-state index < -0.39 is 0 Å². The minimum absolute atomic E-state index is 0.575. The molecule has 0 aliphatic heterocycles. The third kappa shape index (κ3) is 5.29. The number of thiophene rings is 1. The van der Waals surface area contributed by atoms with Gasteiger partial charge in [-0.2, -0.15) is 0 Å². The number of nitrogens with one attached hydrogen (secondary N) is 1. The van der Waals surface area contributed by atoms with Gasteiger partial charge in [-0.25, -0.2) is 0 Å². The molecule has 1 aromatic carbocycles. The fourth-order valence-electron chi connectivity index (χ4n) is 3.48. The van der Waals surface area contributed by atoms with Crippen LogP contribution in [0.15, 0.2) is 41.8 Å². The van der Waals surface area contributed by atoms with Crippen LogP contribution in [0.4, 0.5) is 5.69 Å². The maximum Gasteiger partial charge on any atom is 0.174 e. The van der Waals surface area contributed by atoms with Gasteiger partial charge in [-0.3, -0.25) is 0 Å². The van der Waals surface area contributed by atoms with Crippen molar-refractivity contribution < 1.29 is 0 Å². The third-order valence-corrected chi connectivity index (χ3v) is 6.15. The lowest BCUT2D eigenvalue weighted by Crippen LogP contribution is -2.40. The zero-order chi connectivity index (χ0) is 17.5. The zero-order valence-corrected chi connectivity index (χ0v) is 16.7. The monoisotopic (exact) mass is 372 g/mol. The summed E-state index contributed by atoms with van der Waals surface area (Å²) >= 11 is 7.60. The Hall–Kier alpha value is -1.39. The van der Waals surface area contributed by atoms with E-state index in [0.717, 1.165) is 23.8 Å². The molecule has 4 heteroatoms. The number of hydrogen-bond donors (Lipinski definition) is 1. The molecule has 3 rings (SSSR count). The molecule has 1 aromatic heterocycles. The highest BCUT2D eigenvalue weighted by molar-refractivity contribution is 7.80. The van der Waals surface area contributed by atoms with E-state index in [1.54, 1.807) is 0 Å². The maximum atomic E-state index is 5.79. The van der Waals surface area contributed by atoms with Gasteiger partial charge in [0.15, 0.2) is 5.11 Å². The highest BCUT2D eigenvalue weighted by atomic mass is 32.1. The lowest BCUT2D eigenvalue weighted by atomic mass is 10.1. The molecule has 25 heavy (non-hydrogen) atoms. The Morgan fingerprint density at radius 1 is 1.20 bits per heavy atom. The van der Waals surface area contributed by atoms with E-state index in [1.807, 2.05) is 11.3 Å². The first-order valence-corrected chi connectivity index (χ1v) is 10.7. The van der Waals surface area contributed by atoms with Crippen molar-refractivity contribution in [3.63, 3.8) is 0 Å². The van der Waals surface area contributed by atoms with Gasteiger partial charge in [0.1, 0.15) is 0 Å². The zero-order valence-electron chi connectivity index (χ0n) is 15.0. The molecule has 1 saturated carbocycles. The maximum absolute atomic E-state index is 5.79. The predicted molar refractivity (Wildman–Crippen MR) is 113 cm³/mol. The lowest BCUT2D eigenvalue weighted by molar-refractivity contribution is 0.314. The first-order valence-electron chi connectivity index (χ1n) is 9.45. The summed E-state index contributed by atoms with van der Waals surface area (Å²) in [6.45, 7) is 3.16. The second-order valence-corrected chi connectivity index (χ2v) is 8.30. The summed E-state index contributed by atoms with van der Waals surface area (Å²) in [7, 11) is 0. The summed E-state index contributed by atoms with van der Waals surface area (Å²) in [5.74, 6) is 0. The van der Waals surface area contributed by atoms with Crippen molar-refractivity contribution in [1.29, 1.82) is 0 Å². The van der Waals surface area contributed by atoms with Crippen LogP contribution in [0.3, 0.4) is 0 Å². The van der Waals surface area contributed by atoms with Gasteiger partial charge in [-0.15, -0.1) is 11.3 Å². The Kier molecular flexibility index (Phi) is 6.88. The molecule has 2 aromatic rings. The molecule has 1 N–H and O–H groups in total. The molecule has 0 saturated heterocycles. The first kappa shape index (κ1) is 18.4. The van der Waals surface area contributed by atoms with Crippen LogP contribution in [-0.4, -0.2) is 16.1 Å². The Morgan fingerprint density at radius 2 is 1.96 bits per heavy atom. The molecular formula is C21H28N2S2. The van der Waals surface area contributed by atoms with Crippen molar-refractivity contribution in [3.8, 4) is 0 Å². The molecule has 0 amide bonds. The van der Waals surface area contributed by atoms with Crippen molar-refractivity contribution in [1.82, 2.24) is 4.90 Å². The fraction of sp³-hybridized carbons (Fsp3) is 0.476. The summed E-state index contributed by atoms with van der Waals surface area (Å²) in [6.07, 6.45) is 8.80. The average Bonchev–Trinajstić information content (AvgIpc) is 3.32. The van der Waals surface area contributed by atoms with Crippen LogP contribution < -0.4 is 5.32 Å². The van der Waals surface area contributed by atoms with Crippen LogP contribution in [0.5, 0.6) is 0 Å². The van der Waals surface area contributed by atoms with E-state index in [-0.39, 0.29) is 0 Å². The van der Waals surface area contributed by atoms with Crippen molar-refractivity contribution in [2.24, 2.45) is 0 Å². The number of nitrogens with zero attached hydrogens (tertiary/aromatic N) is 1. The van der Waals surface area contributed by atoms with Crippen LogP contribution in [0.2, 0.25) is 0 Å². The van der Waals surface area contributed by atoms with Crippen molar-refractivity contribution >= 4 is 34.4 Å². The topological polar surface area (TPSA) is 15.3 Å². The minimum atomic E-state index is 0.575. The molecule has 2 nitrogen and oxygen atoms in total. The SMILES string of the molecule is CCCCc1ccc(NC(=S)N(Cc2cccs2)C2CCCC2)cc1. The van der Waals surface area contributed by atoms with E-state index in [4.69, 9.17) is 12.2 Å². The normalized spacial score (nSPS) is 14.6. The molecular weight excluding hydrogens is 344 g/mol. The predicted octanol–water partition coefficient (Wildman–Crippen LogP) is 6.23. The summed E-state index contributed by atoms with van der Waals surface area (Å²) < 4.78 is 0.